The van der Waals surface area contributed by atoms with E-state index < -0.39 is 5.54 Å². The molecule has 0 N–H and O–H groups in total. The largest absolute Gasteiger partial charge is 0.464 e. The van der Waals surface area contributed by atoms with Crippen molar-refractivity contribution in [2.24, 2.45) is 16.8 Å². The van der Waals surface area contributed by atoms with E-state index in [-0.39, 0.29) is 11.8 Å². The number of carbonyl (C=O) groups is 2. The minimum Gasteiger partial charge on any atom is -0.464 e. The molecule has 0 radical (unpaired) electrons. The van der Waals surface area contributed by atoms with Gasteiger partial charge in [-0.1, -0.05) is 30.3 Å². The fourth-order valence-corrected chi connectivity index (χ4v) is 5.48. The second-order valence-corrected chi connectivity index (χ2v) is 10.3. The highest BCUT2D eigenvalue weighted by Gasteiger charge is 2.57. The lowest BCUT2D eigenvalue weighted by atomic mass is 10.0. The van der Waals surface area contributed by atoms with Gasteiger partial charge in [-0.3, -0.25) is 19.5 Å². The highest BCUT2D eigenvalue weighted by molar-refractivity contribution is 6.16. The molecule has 3 fully saturated rings. The number of benzene rings is 2. The number of fused-ring (bicyclic) bond motifs is 1. The second kappa shape index (κ2) is 7.29. The Morgan fingerprint density at radius 3 is 2.53 bits per heavy atom. The first-order valence-corrected chi connectivity index (χ1v) is 12.4. The number of likely N-dealkylation sites (tertiary alicyclic amines) is 1. The minimum absolute atomic E-state index is 0.143. The third kappa shape index (κ3) is 3.27. The number of rotatable bonds is 5. The predicted molar refractivity (Wildman–Crippen MR) is 129 cm³/mol. The molecule has 3 aromatic rings. The van der Waals surface area contributed by atoms with Gasteiger partial charge in [-0.2, -0.15) is 0 Å². The van der Waals surface area contributed by atoms with Crippen molar-refractivity contribution in [1.29, 1.82) is 0 Å². The van der Waals surface area contributed by atoms with Gasteiger partial charge in [0.05, 0.1) is 6.26 Å². The second-order valence-electron chi connectivity index (χ2n) is 10.3. The van der Waals surface area contributed by atoms with E-state index in [4.69, 9.17) is 9.41 Å². The molecule has 1 unspecified atom stereocenters. The third-order valence-corrected chi connectivity index (χ3v) is 7.84. The van der Waals surface area contributed by atoms with Crippen molar-refractivity contribution < 1.29 is 14.0 Å². The molecule has 1 saturated heterocycles. The van der Waals surface area contributed by atoms with E-state index in [1.54, 1.807) is 6.26 Å². The molecule has 2 saturated carbocycles. The molecule has 6 heteroatoms. The van der Waals surface area contributed by atoms with Gasteiger partial charge in [-0.25, -0.2) is 0 Å². The van der Waals surface area contributed by atoms with Crippen LogP contribution < -0.4 is 0 Å². The van der Waals surface area contributed by atoms with Crippen LogP contribution in [-0.4, -0.2) is 52.6 Å². The van der Waals surface area contributed by atoms with E-state index in [0.717, 1.165) is 78.7 Å². The lowest BCUT2D eigenvalue weighted by Gasteiger charge is -2.23. The van der Waals surface area contributed by atoms with Crippen LogP contribution in [0.1, 0.15) is 37.7 Å². The van der Waals surface area contributed by atoms with Crippen molar-refractivity contribution in [3.8, 4) is 11.1 Å². The molecule has 2 amide bonds. The third-order valence-electron chi connectivity index (χ3n) is 7.84. The first-order valence-electron chi connectivity index (χ1n) is 12.4. The number of amidine groups is 1. The predicted octanol–water partition coefficient (Wildman–Crippen LogP) is 4.48. The maximum atomic E-state index is 13.3. The van der Waals surface area contributed by atoms with Gasteiger partial charge in [0.2, 0.25) is 5.91 Å². The molecule has 2 aliphatic carbocycles. The van der Waals surface area contributed by atoms with Gasteiger partial charge in [0.15, 0.2) is 0 Å². The molecule has 1 spiro atoms. The Hall–Kier alpha value is -3.41. The molecule has 7 rings (SSSR count). The minimum atomic E-state index is -0.525. The van der Waals surface area contributed by atoms with Crippen LogP contribution >= 0.6 is 0 Å². The van der Waals surface area contributed by atoms with E-state index >= 15 is 0 Å². The molecule has 0 bridgehead atoms. The van der Waals surface area contributed by atoms with E-state index in [0.29, 0.717) is 18.4 Å². The van der Waals surface area contributed by atoms with Crippen LogP contribution in [0.25, 0.3) is 22.1 Å². The zero-order valence-electron chi connectivity index (χ0n) is 19.1. The van der Waals surface area contributed by atoms with Gasteiger partial charge < -0.3 is 9.32 Å². The summed E-state index contributed by atoms with van der Waals surface area (Å²) < 4.78 is 5.46. The first kappa shape index (κ1) is 20.0. The maximum Gasteiger partial charge on any atom is 0.256 e. The lowest BCUT2D eigenvalue weighted by Crippen LogP contribution is -2.40. The molecular weight excluding hydrogens is 426 g/mol. The lowest BCUT2D eigenvalue weighted by molar-refractivity contribution is -0.131. The Kier molecular flexibility index (Phi) is 4.29. The zero-order chi connectivity index (χ0) is 22.9. The number of amides is 2. The van der Waals surface area contributed by atoms with Crippen LogP contribution in [0, 0.1) is 11.8 Å². The SMILES string of the molecule is O=C(C1CC1)N1CCC(CN2C(=O)C3(CC3)N=C2c2ccc(-c3ccc4occc4c3)cc2)C1. The van der Waals surface area contributed by atoms with Gasteiger partial charge in [0.1, 0.15) is 17.0 Å². The monoisotopic (exact) mass is 453 g/mol. The zero-order valence-corrected chi connectivity index (χ0v) is 19.1. The average Bonchev–Trinajstić information content (AvgIpc) is 3.74. The summed E-state index contributed by atoms with van der Waals surface area (Å²) in [5.41, 5.74) is 3.59. The van der Waals surface area contributed by atoms with Crippen molar-refractivity contribution in [3.63, 3.8) is 0 Å². The summed E-state index contributed by atoms with van der Waals surface area (Å²) in [6.45, 7) is 2.22. The highest BCUT2D eigenvalue weighted by Crippen LogP contribution is 2.46. The van der Waals surface area contributed by atoms with Crippen LogP contribution in [-0.2, 0) is 9.59 Å². The van der Waals surface area contributed by atoms with E-state index in [9.17, 15) is 9.59 Å². The Labute approximate surface area is 198 Å². The number of furan rings is 1. The highest BCUT2D eigenvalue weighted by atomic mass is 16.3. The summed E-state index contributed by atoms with van der Waals surface area (Å²) in [4.78, 5) is 34.6. The summed E-state index contributed by atoms with van der Waals surface area (Å²) in [6.07, 6.45) is 6.42. The fraction of sp³-hybridized carbons (Fsp3) is 0.393. The summed E-state index contributed by atoms with van der Waals surface area (Å²) >= 11 is 0. The van der Waals surface area contributed by atoms with Crippen LogP contribution in [0.5, 0.6) is 0 Å². The quantitative estimate of drug-likeness (QED) is 0.572. The van der Waals surface area contributed by atoms with Gasteiger partial charge in [0.25, 0.3) is 5.91 Å². The topological polar surface area (TPSA) is 66.1 Å². The molecule has 6 nitrogen and oxygen atoms in total. The first-order chi connectivity index (χ1) is 16.6. The van der Waals surface area contributed by atoms with Crippen LogP contribution in [0.3, 0.4) is 0 Å². The molecule has 1 atom stereocenters. The smallest absolute Gasteiger partial charge is 0.256 e. The van der Waals surface area contributed by atoms with Crippen molar-refractivity contribution >= 4 is 28.6 Å². The van der Waals surface area contributed by atoms with Crippen LogP contribution in [0.15, 0.2) is 64.2 Å². The van der Waals surface area contributed by atoms with Crippen LogP contribution in [0.4, 0.5) is 0 Å². The Morgan fingerprint density at radius 1 is 1.00 bits per heavy atom. The molecule has 34 heavy (non-hydrogen) atoms. The van der Waals surface area contributed by atoms with Gasteiger partial charge in [-0.05, 0) is 67.3 Å². The molecule has 2 aromatic carbocycles. The molecule has 1 aromatic heterocycles. The Bertz CT molecular complexity index is 1330. The summed E-state index contributed by atoms with van der Waals surface area (Å²) in [6, 6.07) is 16.5. The molecule has 2 aliphatic heterocycles. The standard InChI is InChI=1S/C28H27N3O3/c32-26(21-5-6-21)30-13-9-18(16-30)17-31-25(29-28(11-12-28)27(31)33)20-3-1-19(2-4-20)22-7-8-24-23(15-22)10-14-34-24/h1-4,7-8,10,14-15,18,21H,5-6,9,11-13,16-17H2. The summed E-state index contributed by atoms with van der Waals surface area (Å²) in [5.74, 6) is 1.82. The number of nitrogens with zero attached hydrogens (tertiary/aromatic N) is 3. The number of hydrogen-bond acceptors (Lipinski definition) is 4. The fourth-order valence-electron chi connectivity index (χ4n) is 5.48. The van der Waals surface area contributed by atoms with E-state index in [1.807, 2.05) is 21.9 Å². The van der Waals surface area contributed by atoms with E-state index in [1.165, 1.54) is 0 Å². The molecule has 3 heterocycles. The van der Waals surface area contributed by atoms with E-state index in [2.05, 4.69) is 36.4 Å². The van der Waals surface area contributed by atoms with Gasteiger partial charge in [-0.15, -0.1) is 0 Å². The number of carbonyl (C=O) groups excluding carboxylic acids is 2. The average molecular weight is 454 g/mol. The van der Waals surface area contributed by atoms with Gasteiger partial charge >= 0.3 is 0 Å². The normalized spacial score (nSPS) is 23.2. The number of hydrogen-bond donors (Lipinski definition) is 0. The van der Waals surface area contributed by atoms with Gasteiger partial charge in [0, 0.05) is 36.5 Å². The Morgan fingerprint density at radius 2 is 1.76 bits per heavy atom. The van der Waals surface area contributed by atoms with Crippen molar-refractivity contribution in [3.05, 3.63) is 60.4 Å². The summed E-state index contributed by atoms with van der Waals surface area (Å²) in [5, 5.41) is 1.08. The van der Waals surface area contributed by atoms with Crippen molar-refractivity contribution in [2.75, 3.05) is 19.6 Å². The molecule has 172 valence electrons. The maximum absolute atomic E-state index is 13.3. The molecule has 4 aliphatic rings. The number of aliphatic imine (C=N–C) groups is 1. The Balaban J connectivity index is 1.12. The van der Waals surface area contributed by atoms with Crippen molar-refractivity contribution in [1.82, 2.24) is 9.80 Å². The molecular formula is C28H27N3O3. The van der Waals surface area contributed by atoms with Crippen molar-refractivity contribution in [2.45, 2.75) is 37.6 Å². The van der Waals surface area contributed by atoms with Crippen LogP contribution in [0.2, 0.25) is 0 Å². The summed E-state index contributed by atoms with van der Waals surface area (Å²) in [7, 11) is 0.